The number of aliphatic hydroxyl groups is 1. The van der Waals surface area contributed by atoms with Crippen LogP contribution in [0.15, 0.2) is 72.3 Å². The number of nitrogens with zero attached hydrogens (tertiary/aromatic N) is 1. The van der Waals surface area contributed by atoms with Gasteiger partial charge < -0.3 is 9.84 Å². The van der Waals surface area contributed by atoms with Crippen LogP contribution in [0.1, 0.15) is 70.9 Å². The Kier molecular flexibility index (Phi) is 6.89. The Morgan fingerprint density at radius 1 is 0.921 bits per heavy atom. The van der Waals surface area contributed by atoms with E-state index in [0.29, 0.717) is 16.8 Å². The summed E-state index contributed by atoms with van der Waals surface area (Å²) < 4.78 is 5.33. The standard InChI is InChI=1S/C32H31NO5/c1-19(2)38-32(37)25-12-7-13-26(18-25)33-28(23-11-6-8-20(3)16-23)27(30(35)31(33)36)29(34)24-15-14-21-9-4-5-10-22(21)17-24/h6-8,11-19,28,34H,4-5,9-10H2,1-3H3/b29-27-. The number of fused-ring (bicyclic) bond motifs is 1. The number of aryl methyl sites for hydroxylation is 3. The van der Waals surface area contributed by atoms with Gasteiger partial charge in [-0.3, -0.25) is 14.5 Å². The third kappa shape index (κ3) is 4.74. The van der Waals surface area contributed by atoms with Crippen molar-refractivity contribution in [3.8, 4) is 0 Å². The van der Waals surface area contributed by atoms with Crippen molar-refractivity contribution in [2.75, 3.05) is 4.90 Å². The van der Waals surface area contributed by atoms with E-state index in [1.807, 2.05) is 49.4 Å². The van der Waals surface area contributed by atoms with Gasteiger partial charge in [0.1, 0.15) is 5.76 Å². The lowest BCUT2D eigenvalue weighted by atomic mass is 9.88. The third-order valence-electron chi connectivity index (χ3n) is 7.13. The maximum Gasteiger partial charge on any atom is 0.338 e. The predicted octanol–water partition coefficient (Wildman–Crippen LogP) is 6.07. The summed E-state index contributed by atoms with van der Waals surface area (Å²) >= 11 is 0. The first-order chi connectivity index (χ1) is 18.2. The van der Waals surface area contributed by atoms with Gasteiger partial charge in [-0.25, -0.2) is 4.79 Å². The van der Waals surface area contributed by atoms with E-state index in [1.165, 1.54) is 10.5 Å². The van der Waals surface area contributed by atoms with Crippen molar-refractivity contribution in [3.63, 3.8) is 0 Å². The molecular weight excluding hydrogens is 478 g/mol. The van der Waals surface area contributed by atoms with Crippen LogP contribution in [0.4, 0.5) is 5.69 Å². The van der Waals surface area contributed by atoms with Crippen LogP contribution in [0.2, 0.25) is 0 Å². The number of aliphatic hydroxyl groups excluding tert-OH is 1. The molecule has 0 saturated carbocycles. The summed E-state index contributed by atoms with van der Waals surface area (Å²) in [6.45, 7) is 5.46. The Morgan fingerprint density at radius 3 is 2.39 bits per heavy atom. The minimum atomic E-state index is -0.859. The fourth-order valence-electron chi connectivity index (χ4n) is 5.36. The van der Waals surface area contributed by atoms with Crippen LogP contribution >= 0.6 is 0 Å². The molecule has 3 aromatic carbocycles. The van der Waals surface area contributed by atoms with E-state index in [9.17, 15) is 19.5 Å². The summed E-state index contributed by atoms with van der Waals surface area (Å²) in [4.78, 5) is 41.0. The van der Waals surface area contributed by atoms with E-state index in [1.54, 1.807) is 38.1 Å². The second-order valence-electron chi connectivity index (χ2n) is 10.3. The summed E-state index contributed by atoms with van der Waals surface area (Å²) in [5, 5.41) is 11.5. The molecule has 2 aliphatic rings. The first kappa shape index (κ1) is 25.5. The third-order valence-corrected chi connectivity index (χ3v) is 7.13. The van der Waals surface area contributed by atoms with E-state index in [0.717, 1.165) is 36.8 Å². The van der Waals surface area contributed by atoms with Gasteiger partial charge in [0.2, 0.25) is 0 Å². The number of Topliss-reactive ketones (excluding diaryl/α,β-unsaturated/α-hetero) is 1. The van der Waals surface area contributed by atoms with Gasteiger partial charge in [-0.2, -0.15) is 0 Å². The average molecular weight is 510 g/mol. The second-order valence-corrected chi connectivity index (χ2v) is 10.3. The lowest BCUT2D eigenvalue weighted by Crippen LogP contribution is -2.29. The smallest absolute Gasteiger partial charge is 0.338 e. The molecule has 1 fully saturated rings. The molecule has 0 radical (unpaired) electrons. The molecule has 1 heterocycles. The number of esters is 1. The Balaban J connectivity index is 1.66. The van der Waals surface area contributed by atoms with Crippen LogP contribution in [0.5, 0.6) is 0 Å². The number of rotatable bonds is 5. The largest absolute Gasteiger partial charge is 0.507 e. The highest BCUT2D eigenvalue weighted by atomic mass is 16.5. The average Bonchev–Trinajstić information content (AvgIpc) is 3.17. The summed E-state index contributed by atoms with van der Waals surface area (Å²) in [7, 11) is 0. The lowest BCUT2D eigenvalue weighted by Gasteiger charge is -2.26. The van der Waals surface area contributed by atoms with Gasteiger partial charge in [-0.1, -0.05) is 48.0 Å². The van der Waals surface area contributed by atoms with Gasteiger partial charge in [0.05, 0.1) is 23.3 Å². The highest BCUT2D eigenvalue weighted by Crippen LogP contribution is 2.43. The van der Waals surface area contributed by atoms with Gasteiger partial charge in [0, 0.05) is 11.3 Å². The SMILES string of the molecule is Cc1cccc(C2/C(=C(/O)c3ccc4c(c3)CCCC4)C(=O)C(=O)N2c2cccc(C(=O)OC(C)C)c2)c1. The van der Waals surface area contributed by atoms with Crippen LogP contribution in [0, 0.1) is 6.92 Å². The molecule has 0 spiro atoms. The highest BCUT2D eigenvalue weighted by Gasteiger charge is 2.47. The maximum atomic E-state index is 13.5. The Morgan fingerprint density at radius 2 is 1.66 bits per heavy atom. The molecule has 1 aliphatic heterocycles. The number of carbonyl (C=O) groups excluding carboxylic acids is 3. The molecule has 38 heavy (non-hydrogen) atoms. The molecule has 6 heteroatoms. The number of ether oxygens (including phenoxy) is 1. The van der Waals surface area contributed by atoms with Crippen molar-refractivity contribution in [2.24, 2.45) is 0 Å². The molecule has 1 aliphatic carbocycles. The molecule has 3 aromatic rings. The van der Waals surface area contributed by atoms with Gasteiger partial charge in [0.15, 0.2) is 0 Å². The zero-order chi connectivity index (χ0) is 27.0. The molecule has 6 nitrogen and oxygen atoms in total. The van der Waals surface area contributed by atoms with Crippen molar-refractivity contribution in [1.29, 1.82) is 0 Å². The van der Waals surface area contributed by atoms with Crippen LogP contribution in [0.25, 0.3) is 5.76 Å². The van der Waals surface area contributed by atoms with E-state index in [2.05, 4.69) is 0 Å². The van der Waals surface area contributed by atoms with E-state index >= 15 is 0 Å². The van der Waals surface area contributed by atoms with Crippen molar-refractivity contribution in [2.45, 2.75) is 58.6 Å². The summed E-state index contributed by atoms with van der Waals surface area (Å²) in [6.07, 6.45) is 3.84. The number of carbonyl (C=O) groups is 3. The first-order valence-corrected chi connectivity index (χ1v) is 13.1. The normalized spacial score (nSPS) is 18.5. The number of hydrogen-bond donors (Lipinski definition) is 1. The van der Waals surface area contributed by atoms with Crippen LogP contribution in [-0.4, -0.2) is 28.9 Å². The highest BCUT2D eigenvalue weighted by molar-refractivity contribution is 6.51. The molecule has 1 N–H and O–H groups in total. The second kappa shape index (κ2) is 10.3. The van der Waals surface area contributed by atoms with Gasteiger partial charge >= 0.3 is 5.97 Å². The fraction of sp³-hybridized carbons (Fsp3) is 0.281. The van der Waals surface area contributed by atoms with Crippen LogP contribution in [0.3, 0.4) is 0 Å². The topological polar surface area (TPSA) is 83.9 Å². The number of amides is 1. The Labute approximate surface area is 222 Å². The van der Waals surface area contributed by atoms with Crippen molar-refractivity contribution < 1.29 is 24.2 Å². The number of ketones is 1. The number of anilines is 1. The van der Waals surface area contributed by atoms with Gasteiger partial charge in [0.25, 0.3) is 11.7 Å². The Hall–Kier alpha value is -4.19. The van der Waals surface area contributed by atoms with E-state index < -0.39 is 23.7 Å². The van der Waals surface area contributed by atoms with Gasteiger partial charge in [-0.05, 0) is 87.4 Å². The molecule has 1 atom stereocenters. The summed E-state index contributed by atoms with van der Waals surface area (Å²) in [6, 6.07) is 18.9. The summed E-state index contributed by atoms with van der Waals surface area (Å²) in [5.41, 5.74) is 5.28. The van der Waals surface area contributed by atoms with Crippen molar-refractivity contribution in [3.05, 3.63) is 106 Å². The molecule has 0 bridgehead atoms. The minimum Gasteiger partial charge on any atom is -0.507 e. The summed E-state index contributed by atoms with van der Waals surface area (Å²) in [5.74, 6) is -2.23. The fourth-order valence-corrected chi connectivity index (χ4v) is 5.36. The molecule has 1 saturated heterocycles. The monoisotopic (exact) mass is 509 g/mol. The predicted molar refractivity (Wildman–Crippen MR) is 146 cm³/mol. The minimum absolute atomic E-state index is 0.0338. The van der Waals surface area contributed by atoms with Gasteiger partial charge in [-0.15, -0.1) is 0 Å². The number of benzene rings is 3. The number of hydrogen-bond acceptors (Lipinski definition) is 5. The quantitative estimate of drug-likeness (QED) is 0.195. The molecule has 194 valence electrons. The molecule has 1 unspecified atom stereocenters. The zero-order valence-corrected chi connectivity index (χ0v) is 21.9. The maximum absolute atomic E-state index is 13.5. The molecule has 0 aromatic heterocycles. The Bertz CT molecular complexity index is 1470. The van der Waals surface area contributed by atoms with Crippen LogP contribution in [-0.2, 0) is 27.2 Å². The lowest BCUT2D eigenvalue weighted by molar-refractivity contribution is -0.132. The van der Waals surface area contributed by atoms with E-state index in [4.69, 9.17) is 4.74 Å². The van der Waals surface area contributed by atoms with Crippen LogP contribution < -0.4 is 4.90 Å². The van der Waals surface area contributed by atoms with Crippen molar-refractivity contribution in [1.82, 2.24) is 0 Å². The van der Waals surface area contributed by atoms with Crippen molar-refractivity contribution >= 4 is 29.1 Å². The first-order valence-electron chi connectivity index (χ1n) is 13.1. The van der Waals surface area contributed by atoms with E-state index in [-0.39, 0.29) is 23.0 Å². The molecule has 5 rings (SSSR count). The zero-order valence-electron chi connectivity index (χ0n) is 21.9. The molecule has 1 amide bonds. The molecular formula is C32H31NO5.